The van der Waals surface area contributed by atoms with Crippen molar-refractivity contribution in [3.05, 3.63) is 52.5 Å². The van der Waals surface area contributed by atoms with Crippen molar-refractivity contribution in [1.82, 2.24) is 14.5 Å². The molecule has 94 valence electrons. The Hall–Kier alpha value is -1.52. The third-order valence-electron chi connectivity index (χ3n) is 2.46. The summed E-state index contributed by atoms with van der Waals surface area (Å²) in [6.07, 6.45) is 4.63. The van der Waals surface area contributed by atoms with Crippen molar-refractivity contribution in [2.75, 3.05) is 7.05 Å². The molecular formula is C12H11Cl2N3O. The van der Waals surface area contributed by atoms with E-state index in [-0.39, 0.29) is 6.03 Å². The Labute approximate surface area is 115 Å². The second kappa shape index (κ2) is 5.42. The molecule has 6 heteroatoms. The Morgan fingerprint density at radius 1 is 1.39 bits per heavy atom. The van der Waals surface area contributed by atoms with Crippen LogP contribution in [-0.4, -0.2) is 27.5 Å². The number of imidazole rings is 1. The predicted molar refractivity (Wildman–Crippen MR) is 71.0 cm³/mol. The van der Waals surface area contributed by atoms with Crippen molar-refractivity contribution in [2.24, 2.45) is 0 Å². The van der Waals surface area contributed by atoms with Gasteiger partial charge in [0.05, 0.1) is 10.0 Å². The number of carbonyl (C=O) groups is 1. The van der Waals surface area contributed by atoms with E-state index in [1.165, 1.54) is 10.9 Å². The number of carbonyl (C=O) groups excluding carboxylic acids is 1. The van der Waals surface area contributed by atoms with Gasteiger partial charge in [-0.05, 0) is 17.7 Å². The zero-order chi connectivity index (χ0) is 13.1. The Morgan fingerprint density at radius 3 is 2.78 bits per heavy atom. The van der Waals surface area contributed by atoms with Gasteiger partial charge in [-0.25, -0.2) is 9.78 Å². The molecule has 4 nitrogen and oxygen atoms in total. The Bertz CT molecular complexity index is 554. The number of aromatic nitrogens is 2. The molecule has 0 atom stereocenters. The Morgan fingerprint density at radius 2 is 2.17 bits per heavy atom. The third-order valence-corrected chi connectivity index (χ3v) is 3.19. The molecule has 0 saturated heterocycles. The second-order valence-corrected chi connectivity index (χ2v) is 4.67. The lowest BCUT2D eigenvalue weighted by atomic mass is 10.2. The van der Waals surface area contributed by atoms with E-state index in [0.29, 0.717) is 16.6 Å². The van der Waals surface area contributed by atoms with Crippen molar-refractivity contribution in [3.8, 4) is 0 Å². The molecule has 2 rings (SSSR count). The summed E-state index contributed by atoms with van der Waals surface area (Å²) < 4.78 is 1.41. The molecule has 1 aromatic carbocycles. The van der Waals surface area contributed by atoms with Crippen LogP contribution in [0.4, 0.5) is 4.79 Å². The van der Waals surface area contributed by atoms with Gasteiger partial charge in [-0.2, -0.15) is 0 Å². The van der Waals surface area contributed by atoms with E-state index in [1.807, 2.05) is 6.07 Å². The maximum Gasteiger partial charge on any atom is 0.329 e. The quantitative estimate of drug-likeness (QED) is 0.848. The van der Waals surface area contributed by atoms with Crippen molar-refractivity contribution >= 4 is 29.2 Å². The number of rotatable bonds is 2. The highest BCUT2D eigenvalue weighted by atomic mass is 35.5. The molecular weight excluding hydrogens is 273 g/mol. The molecule has 0 fully saturated rings. The lowest BCUT2D eigenvalue weighted by Crippen LogP contribution is -2.29. The van der Waals surface area contributed by atoms with Gasteiger partial charge < -0.3 is 4.90 Å². The van der Waals surface area contributed by atoms with Crippen molar-refractivity contribution in [2.45, 2.75) is 6.54 Å². The molecule has 0 aliphatic rings. The van der Waals surface area contributed by atoms with Crippen LogP contribution >= 0.6 is 23.2 Å². The Kier molecular flexibility index (Phi) is 3.89. The summed E-state index contributed by atoms with van der Waals surface area (Å²) >= 11 is 11.8. The van der Waals surface area contributed by atoms with Crippen molar-refractivity contribution in [1.29, 1.82) is 0 Å². The van der Waals surface area contributed by atoms with Gasteiger partial charge in [0, 0.05) is 26.0 Å². The summed E-state index contributed by atoms with van der Waals surface area (Å²) in [5.74, 6) is 0. The van der Waals surface area contributed by atoms with Gasteiger partial charge in [-0.3, -0.25) is 4.57 Å². The molecule has 1 heterocycles. The van der Waals surface area contributed by atoms with Gasteiger partial charge >= 0.3 is 6.03 Å². The zero-order valence-corrected chi connectivity index (χ0v) is 11.2. The normalized spacial score (nSPS) is 10.4. The molecule has 18 heavy (non-hydrogen) atoms. The second-order valence-electron chi connectivity index (χ2n) is 3.86. The van der Waals surface area contributed by atoms with Crippen LogP contribution in [0.5, 0.6) is 0 Å². The summed E-state index contributed by atoms with van der Waals surface area (Å²) in [5.41, 5.74) is 0.917. The van der Waals surface area contributed by atoms with Crippen LogP contribution < -0.4 is 0 Å². The third kappa shape index (κ3) is 2.83. The molecule has 1 aromatic heterocycles. The lowest BCUT2D eigenvalue weighted by molar-refractivity contribution is 0.208. The highest BCUT2D eigenvalue weighted by molar-refractivity contribution is 6.42. The fourth-order valence-electron chi connectivity index (χ4n) is 1.55. The standard InChI is InChI=1S/C12H11Cl2N3O/c1-16(12(18)17-5-4-15-8-17)7-9-2-3-10(13)11(14)6-9/h2-6,8H,7H2,1H3. The van der Waals surface area contributed by atoms with Crippen molar-refractivity contribution in [3.63, 3.8) is 0 Å². The minimum Gasteiger partial charge on any atom is -0.323 e. The van der Waals surface area contributed by atoms with E-state index in [9.17, 15) is 4.79 Å². The minimum atomic E-state index is -0.154. The highest BCUT2D eigenvalue weighted by Gasteiger charge is 2.11. The largest absolute Gasteiger partial charge is 0.329 e. The first kappa shape index (κ1) is 12.9. The summed E-state index contributed by atoms with van der Waals surface area (Å²) in [4.78, 5) is 17.4. The van der Waals surface area contributed by atoms with E-state index in [4.69, 9.17) is 23.2 Å². The van der Waals surface area contributed by atoms with Crippen LogP contribution in [0.1, 0.15) is 5.56 Å². The predicted octanol–water partition coefficient (Wildman–Crippen LogP) is 3.29. The minimum absolute atomic E-state index is 0.154. The zero-order valence-electron chi connectivity index (χ0n) is 9.68. The highest BCUT2D eigenvalue weighted by Crippen LogP contribution is 2.23. The Balaban J connectivity index is 2.09. The first-order chi connectivity index (χ1) is 8.58. The maximum absolute atomic E-state index is 12.0. The van der Waals surface area contributed by atoms with Gasteiger partial charge in [0.2, 0.25) is 0 Å². The van der Waals surface area contributed by atoms with Gasteiger partial charge in [-0.15, -0.1) is 0 Å². The fraction of sp³-hybridized carbons (Fsp3) is 0.167. The first-order valence-corrected chi connectivity index (χ1v) is 6.01. The maximum atomic E-state index is 12.0. The molecule has 0 aliphatic heterocycles. The summed E-state index contributed by atoms with van der Waals surface area (Å²) in [5, 5.41) is 0.988. The number of hydrogen-bond acceptors (Lipinski definition) is 2. The average molecular weight is 284 g/mol. The monoisotopic (exact) mass is 283 g/mol. The van der Waals surface area contributed by atoms with Crippen LogP contribution in [0.25, 0.3) is 0 Å². The van der Waals surface area contributed by atoms with Crippen LogP contribution in [0.15, 0.2) is 36.9 Å². The lowest BCUT2D eigenvalue weighted by Gasteiger charge is -2.17. The molecule has 0 saturated carbocycles. The summed E-state index contributed by atoms with van der Waals surface area (Å²) in [6, 6.07) is 5.15. The first-order valence-electron chi connectivity index (χ1n) is 5.25. The number of hydrogen-bond donors (Lipinski definition) is 0. The van der Waals surface area contributed by atoms with Crippen LogP contribution in [0, 0.1) is 0 Å². The summed E-state index contributed by atoms with van der Waals surface area (Å²) in [7, 11) is 1.71. The molecule has 1 amide bonds. The van der Waals surface area contributed by atoms with Gasteiger partial charge in [0.15, 0.2) is 0 Å². The number of halogens is 2. The van der Waals surface area contributed by atoms with Crippen LogP contribution in [0.3, 0.4) is 0 Å². The van der Waals surface area contributed by atoms with E-state index < -0.39 is 0 Å². The van der Waals surface area contributed by atoms with Gasteiger partial charge in [0.25, 0.3) is 0 Å². The summed E-state index contributed by atoms with van der Waals surface area (Å²) in [6.45, 7) is 0.452. The van der Waals surface area contributed by atoms with Gasteiger partial charge in [0.1, 0.15) is 6.33 Å². The molecule has 0 aliphatic carbocycles. The van der Waals surface area contributed by atoms with Crippen LogP contribution in [0.2, 0.25) is 10.0 Å². The molecule has 0 bridgehead atoms. The smallest absolute Gasteiger partial charge is 0.323 e. The fourth-order valence-corrected chi connectivity index (χ4v) is 1.87. The molecule has 0 radical (unpaired) electrons. The molecule has 0 N–H and O–H groups in total. The number of nitrogens with zero attached hydrogens (tertiary/aromatic N) is 3. The van der Waals surface area contributed by atoms with E-state index in [1.54, 1.807) is 36.5 Å². The molecule has 2 aromatic rings. The molecule has 0 spiro atoms. The van der Waals surface area contributed by atoms with Crippen molar-refractivity contribution < 1.29 is 4.79 Å². The number of benzene rings is 1. The van der Waals surface area contributed by atoms with Crippen LogP contribution in [-0.2, 0) is 6.54 Å². The average Bonchev–Trinajstić information content (AvgIpc) is 2.86. The van der Waals surface area contributed by atoms with E-state index in [0.717, 1.165) is 5.56 Å². The SMILES string of the molecule is CN(Cc1ccc(Cl)c(Cl)c1)C(=O)n1ccnc1. The topological polar surface area (TPSA) is 38.1 Å². The van der Waals surface area contributed by atoms with E-state index in [2.05, 4.69) is 4.98 Å². The van der Waals surface area contributed by atoms with Gasteiger partial charge in [-0.1, -0.05) is 29.3 Å². The number of amides is 1. The van der Waals surface area contributed by atoms with E-state index >= 15 is 0 Å². The molecule has 0 unspecified atom stereocenters.